The highest BCUT2D eigenvalue weighted by Crippen LogP contribution is 2.30. The number of nitrogens with one attached hydrogen (secondary N) is 1. The summed E-state index contributed by atoms with van der Waals surface area (Å²) in [6, 6.07) is 0. The van der Waals surface area contributed by atoms with Gasteiger partial charge in [-0.1, -0.05) is 11.6 Å². The Balaban J connectivity index is 2.32. The lowest BCUT2D eigenvalue weighted by atomic mass is 10.2. The summed E-state index contributed by atoms with van der Waals surface area (Å²) in [5.41, 5.74) is 3.05. The van der Waals surface area contributed by atoms with E-state index in [1.54, 1.807) is 6.20 Å². The second-order valence-corrected chi connectivity index (χ2v) is 5.64. The van der Waals surface area contributed by atoms with E-state index < -0.39 is 0 Å². The molecule has 0 saturated heterocycles. The minimum absolute atomic E-state index is 0.496. The molecule has 0 unspecified atom stereocenters. The summed E-state index contributed by atoms with van der Waals surface area (Å²) < 4.78 is 0. The topological polar surface area (TPSA) is 63.6 Å². The molecule has 2 rings (SSSR count). The normalized spacial score (nSPS) is 10.7. The van der Waals surface area contributed by atoms with Crippen LogP contribution >= 0.6 is 23.4 Å². The predicted octanol–water partition coefficient (Wildman–Crippen LogP) is 3.43. The van der Waals surface area contributed by atoms with Crippen molar-refractivity contribution in [2.24, 2.45) is 0 Å². The molecule has 106 valence electrons. The molecule has 5 nitrogen and oxygen atoms in total. The van der Waals surface area contributed by atoms with Gasteiger partial charge in [-0.25, -0.2) is 19.9 Å². The molecule has 0 atom stereocenters. The number of hydrogen-bond acceptors (Lipinski definition) is 6. The maximum Gasteiger partial charge on any atom is 0.223 e. The second kappa shape index (κ2) is 6.37. The first kappa shape index (κ1) is 15.0. The van der Waals surface area contributed by atoms with Gasteiger partial charge in [0.05, 0.1) is 11.2 Å². The average molecular weight is 310 g/mol. The third-order valence-electron chi connectivity index (χ3n) is 2.85. The molecule has 2 aromatic heterocycles. The van der Waals surface area contributed by atoms with E-state index >= 15 is 0 Å². The molecule has 0 aliphatic rings. The van der Waals surface area contributed by atoms with Gasteiger partial charge in [-0.3, -0.25) is 0 Å². The van der Waals surface area contributed by atoms with E-state index in [0.29, 0.717) is 21.2 Å². The predicted molar refractivity (Wildman–Crippen MR) is 81.6 cm³/mol. The molecule has 1 N–H and O–H groups in total. The molecule has 0 amide bonds. The van der Waals surface area contributed by atoms with E-state index in [1.165, 1.54) is 11.8 Å². The Hall–Kier alpha value is -1.40. The Morgan fingerprint density at radius 2 is 1.80 bits per heavy atom. The van der Waals surface area contributed by atoms with E-state index in [0.717, 1.165) is 23.5 Å². The van der Waals surface area contributed by atoms with Gasteiger partial charge >= 0.3 is 0 Å². The molecule has 20 heavy (non-hydrogen) atoms. The van der Waals surface area contributed by atoms with Gasteiger partial charge in [-0.15, -0.1) is 0 Å². The van der Waals surface area contributed by atoms with Gasteiger partial charge in [0.2, 0.25) is 5.95 Å². The standard InChI is InChI=1S/C13H16ClN5S/c1-5-15-12-16-6-10(14)11(19-12)20-13-17-8(3)7(2)9(4)18-13/h6H,5H2,1-4H3,(H,15,16,19). The Labute approximate surface area is 127 Å². The summed E-state index contributed by atoms with van der Waals surface area (Å²) in [5, 5.41) is 4.85. The van der Waals surface area contributed by atoms with Gasteiger partial charge in [0.15, 0.2) is 5.16 Å². The number of hydrogen-bond donors (Lipinski definition) is 1. The van der Waals surface area contributed by atoms with E-state index in [1.807, 2.05) is 27.7 Å². The fourth-order valence-electron chi connectivity index (χ4n) is 1.54. The van der Waals surface area contributed by atoms with Crippen LogP contribution in [0.3, 0.4) is 0 Å². The molecule has 0 fully saturated rings. The minimum Gasteiger partial charge on any atom is -0.354 e. The highest BCUT2D eigenvalue weighted by molar-refractivity contribution is 7.99. The van der Waals surface area contributed by atoms with Crippen molar-refractivity contribution in [2.75, 3.05) is 11.9 Å². The zero-order chi connectivity index (χ0) is 14.7. The van der Waals surface area contributed by atoms with Crippen LogP contribution in [0, 0.1) is 20.8 Å². The fourth-order valence-corrected chi connectivity index (χ4v) is 2.57. The van der Waals surface area contributed by atoms with Crippen LogP contribution in [0.15, 0.2) is 16.4 Å². The number of nitrogens with zero attached hydrogens (tertiary/aromatic N) is 4. The summed E-state index contributed by atoms with van der Waals surface area (Å²) >= 11 is 7.47. The first-order valence-electron chi connectivity index (χ1n) is 6.27. The fraction of sp³-hybridized carbons (Fsp3) is 0.385. The Morgan fingerprint density at radius 3 is 2.40 bits per heavy atom. The van der Waals surface area contributed by atoms with Crippen molar-refractivity contribution in [3.63, 3.8) is 0 Å². The molecule has 0 aliphatic carbocycles. The lowest BCUT2D eigenvalue weighted by Crippen LogP contribution is -2.03. The van der Waals surface area contributed by atoms with Crippen LogP contribution in [-0.2, 0) is 0 Å². The third-order valence-corrected chi connectivity index (χ3v) is 4.11. The molecule has 7 heteroatoms. The first-order chi connectivity index (χ1) is 9.51. The molecular formula is C13H16ClN5S. The van der Waals surface area contributed by atoms with Crippen molar-refractivity contribution < 1.29 is 0 Å². The van der Waals surface area contributed by atoms with E-state index in [4.69, 9.17) is 11.6 Å². The van der Waals surface area contributed by atoms with Crippen LogP contribution in [0.1, 0.15) is 23.9 Å². The van der Waals surface area contributed by atoms with Crippen LogP contribution in [0.5, 0.6) is 0 Å². The SMILES string of the molecule is CCNc1ncc(Cl)c(Sc2nc(C)c(C)c(C)n2)n1. The number of halogens is 1. The summed E-state index contributed by atoms with van der Waals surface area (Å²) in [6.07, 6.45) is 1.59. The van der Waals surface area contributed by atoms with E-state index in [9.17, 15) is 0 Å². The zero-order valence-corrected chi connectivity index (χ0v) is 13.4. The lowest BCUT2D eigenvalue weighted by molar-refractivity contribution is 0.877. The smallest absolute Gasteiger partial charge is 0.223 e. The summed E-state index contributed by atoms with van der Waals surface area (Å²) in [6.45, 7) is 8.70. The monoisotopic (exact) mass is 309 g/mol. The maximum absolute atomic E-state index is 6.13. The van der Waals surface area contributed by atoms with Crippen molar-refractivity contribution in [3.05, 3.63) is 28.2 Å². The van der Waals surface area contributed by atoms with E-state index in [2.05, 4.69) is 25.3 Å². The molecule has 0 saturated carbocycles. The number of rotatable bonds is 4. The Bertz CT molecular complexity index is 609. The van der Waals surface area contributed by atoms with Crippen molar-refractivity contribution in [1.82, 2.24) is 19.9 Å². The molecule has 0 spiro atoms. The van der Waals surface area contributed by atoms with Crippen LogP contribution in [0.2, 0.25) is 5.02 Å². The Morgan fingerprint density at radius 1 is 1.15 bits per heavy atom. The van der Waals surface area contributed by atoms with Crippen LogP contribution < -0.4 is 5.32 Å². The Kier molecular flexibility index (Phi) is 4.77. The number of anilines is 1. The molecular weight excluding hydrogens is 294 g/mol. The summed E-state index contributed by atoms with van der Waals surface area (Å²) in [5.74, 6) is 0.556. The van der Waals surface area contributed by atoms with Gasteiger partial charge in [-0.2, -0.15) is 0 Å². The van der Waals surface area contributed by atoms with Gasteiger partial charge < -0.3 is 5.32 Å². The number of aryl methyl sites for hydroxylation is 2. The average Bonchev–Trinajstić information content (AvgIpc) is 2.40. The molecule has 2 heterocycles. The maximum atomic E-state index is 6.13. The van der Waals surface area contributed by atoms with Crippen molar-refractivity contribution in [2.45, 2.75) is 37.9 Å². The van der Waals surface area contributed by atoms with Crippen LogP contribution in [-0.4, -0.2) is 26.5 Å². The second-order valence-electron chi connectivity index (χ2n) is 4.28. The molecule has 0 radical (unpaired) electrons. The van der Waals surface area contributed by atoms with Crippen molar-refractivity contribution in [1.29, 1.82) is 0 Å². The third kappa shape index (κ3) is 3.37. The quantitative estimate of drug-likeness (QED) is 0.689. The van der Waals surface area contributed by atoms with Gasteiger partial charge in [0.25, 0.3) is 0 Å². The first-order valence-corrected chi connectivity index (χ1v) is 7.46. The summed E-state index contributed by atoms with van der Waals surface area (Å²) in [7, 11) is 0. The highest BCUT2D eigenvalue weighted by Gasteiger charge is 2.11. The minimum atomic E-state index is 0.496. The molecule has 0 aromatic carbocycles. The lowest BCUT2D eigenvalue weighted by Gasteiger charge is -2.08. The van der Waals surface area contributed by atoms with Gasteiger partial charge in [-0.05, 0) is 45.0 Å². The zero-order valence-electron chi connectivity index (χ0n) is 11.9. The summed E-state index contributed by atoms with van der Waals surface area (Å²) in [4.78, 5) is 17.4. The molecule has 2 aromatic rings. The van der Waals surface area contributed by atoms with Crippen molar-refractivity contribution >= 4 is 29.3 Å². The van der Waals surface area contributed by atoms with Gasteiger partial charge in [0, 0.05) is 17.9 Å². The number of aromatic nitrogens is 4. The molecule has 0 bridgehead atoms. The largest absolute Gasteiger partial charge is 0.354 e. The van der Waals surface area contributed by atoms with Gasteiger partial charge in [0.1, 0.15) is 5.03 Å². The van der Waals surface area contributed by atoms with E-state index in [-0.39, 0.29) is 0 Å². The van der Waals surface area contributed by atoms with Crippen LogP contribution in [0.25, 0.3) is 0 Å². The molecule has 0 aliphatic heterocycles. The van der Waals surface area contributed by atoms with Crippen molar-refractivity contribution in [3.8, 4) is 0 Å². The highest BCUT2D eigenvalue weighted by atomic mass is 35.5. The van der Waals surface area contributed by atoms with Crippen LogP contribution in [0.4, 0.5) is 5.95 Å².